The van der Waals surface area contributed by atoms with E-state index in [1.54, 1.807) is 0 Å². The molecule has 2 rings (SSSR count). The molecular formula is C19H27ClN2O5S. The Balaban J connectivity index is 2.11. The van der Waals surface area contributed by atoms with Crippen LogP contribution in [0.15, 0.2) is 23.1 Å². The molecular weight excluding hydrogens is 404 g/mol. The third-order valence-electron chi connectivity index (χ3n) is 4.45. The Morgan fingerprint density at radius 1 is 1.36 bits per heavy atom. The van der Waals surface area contributed by atoms with E-state index < -0.39 is 28.5 Å². The predicted octanol–water partition coefficient (Wildman–Crippen LogP) is 2.69. The normalized spacial score (nSPS) is 18.1. The summed E-state index contributed by atoms with van der Waals surface area (Å²) in [5.41, 5.74) is 0.0321. The van der Waals surface area contributed by atoms with Gasteiger partial charge in [-0.15, -0.1) is 0 Å². The van der Waals surface area contributed by atoms with Gasteiger partial charge in [-0.1, -0.05) is 32.4 Å². The Kier molecular flexibility index (Phi) is 7.86. The van der Waals surface area contributed by atoms with Crippen LogP contribution in [0.25, 0.3) is 0 Å². The molecule has 1 aromatic rings. The third kappa shape index (κ3) is 5.93. The summed E-state index contributed by atoms with van der Waals surface area (Å²) in [4.78, 5) is 23.8. The molecule has 1 aliphatic rings. The van der Waals surface area contributed by atoms with Gasteiger partial charge in [0.2, 0.25) is 10.0 Å². The lowest BCUT2D eigenvalue weighted by atomic mass is 10.0. The largest absolute Gasteiger partial charge is 0.452 e. The van der Waals surface area contributed by atoms with Crippen molar-refractivity contribution in [3.8, 4) is 0 Å². The second-order valence-electron chi connectivity index (χ2n) is 7.53. The molecule has 0 saturated carbocycles. The van der Waals surface area contributed by atoms with Crippen LogP contribution in [0, 0.1) is 11.8 Å². The fourth-order valence-electron chi connectivity index (χ4n) is 2.92. The van der Waals surface area contributed by atoms with E-state index in [1.165, 1.54) is 22.5 Å². The summed E-state index contributed by atoms with van der Waals surface area (Å²) in [5.74, 6) is -0.646. The van der Waals surface area contributed by atoms with Gasteiger partial charge in [-0.2, -0.15) is 4.31 Å². The molecule has 1 saturated heterocycles. The second-order valence-corrected chi connectivity index (χ2v) is 9.84. The lowest BCUT2D eigenvalue weighted by Gasteiger charge is -2.30. The summed E-state index contributed by atoms with van der Waals surface area (Å²) in [6.45, 7) is 6.79. The zero-order chi connectivity index (χ0) is 20.9. The molecule has 0 bridgehead atoms. The van der Waals surface area contributed by atoms with Crippen LogP contribution in [-0.2, 0) is 19.6 Å². The third-order valence-corrected chi connectivity index (χ3v) is 6.79. The maximum Gasteiger partial charge on any atom is 0.338 e. The number of amides is 1. The van der Waals surface area contributed by atoms with Gasteiger partial charge in [0.15, 0.2) is 6.61 Å². The van der Waals surface area contributed by atoms with Crippen LogP contribution in [0.1, 0.15) is 44.0 Å². The summed E-state index contributed by atoms with van der Waals surface area (Å²) in [7, 11) is -3.82. The van der Waals surface area contributed by atoms with Crippen molar-refractivity contribution in [3.63, 3.8) is 0 Å². The fourth-order valence-corrected chi connectivity index (χ4v) is 5.01. The molecule has 1 N–H and O–H groups in total. The fraction of sp³-hybridized carbons (Fsp3) is 0.579. The van der Waals surface area contributed by atoms with Crippen molar-refractivity contribution in [1.82, 2.24) is 9.62 Å². The van der Waals surface area contributed by atoms with Gasteiger partial charge in [-0.3, -0.25) is 4.79 Å². The minimum absolute atomic E-state index is 0.0321. The second kappa shape index (κ2) is 9.71. The number of ether oxygens (including phenoxy) is 1. The number of piperidine rings is 1. The van der Waals surface area contributed by atoms with Gasteiger partial charge < -0.3 is 10.1 Å². The first-order valence-electron chi connectivity index (χ1n) is 9.34. The highest BCUT2D eigenvalue weighted by Gasteiger charge is 2.31. The number of hydrogen-bond acceptors (Lipinski definition) is 5. The van der Waals surface area contributed by atoms with Crippen molar-refractivity contribution >= 4 is 33.5 Å². The lowest BCUT2D eigenvalue weighted by molar-refractivity contribution is -0.124. The Bertz CT molecular complexity index is 826. The monoisotopic (exact) mass is 430 g/mol. The molecule has 1 fully saturated rings. The van der Waals surface area contributed by atoms with Crippen LogP contribution in [0.3, 0.4) is 0 Å². The Morgan fingerprint density at radius 2 is 2.07 bits per heavy atom. The van der Waals surface area contributed by atoms with Crippen molar-refractivity contribution in [1.29, 1.82) is 0 Å². The minimum atomic E-state index is -3.82. The van der Waals surface area contributed by atoms with Crippen LogP contribution in [0.2, 0.25) is 5.02 Å². The van der Waals surface area contributed by atoms with Gasteiger partial charge in [0.1, 0.15) is 4.90 Å². The highest BCUT2D eigenvalue weighted by atomic mass is 35.5. The number of halogens is 1. The van der Waals surface area contributed by atoms with Crippen molar-refractivity contribution in [3.05, 3.63) is 28.8 Å². The standard InChI is InChI=1S/C19H27ClN2O5S/c1-13(2)10-21-18(23)12-27-19(24)15-6-7-16(20)17(9-15)28(25,26)22-8-4-5-14(3)11-22/h6-7,9,13-14H,4-5,8,10-12H2,1-3H3,(H,21,23). The van der Waals surface area contributed by atoms with Gasteiger partial charge in [0.25, 0.3) is 5.91 Å². The van der Waals surface area contributed by atoms with Gasteiger partial charge >= 0.3 is 5.97 Å². The minimum Gasteiger partial charge on any atom is -0.452 e. The quantitative estimate of drug-likeness (QED) is 0.671. The number of nitrogens with one attached hydrogen (secondary N) is 1. The van der Waals surface area contributed by atoms with E-state index >= 15 is 0 Å². The Morgan fingerprint density at radius 3 is 2.71 bits per heavy atom. The molecule has 0 spiro atoms. The first-order valence-corrected chi connectivity index (χ1v) is 11.2. The predicted molar refractivity (Wildman–Crippen MR) is 107 cm³/mol. The highest BCUT2D eigenvalue weighted by molar-refractivity contribution is 7.89. The SMILES string of the molecule is CC(C)CNC(=O)COC(=O)c1ccc(Cl)c(S(=O)(=O)N2CCCC(C)C2)c1. The molecule has 156 valence electrons. The smallest absolute Gasteiger partial charge is 0.338 e. The molecule has 1 atom stereocenters. The van der Waals surface area contributed by atoms with Crippen molar-refractivity contribution in [2.24, 2.45) is 11.8 Å². The molecule has 0 radical (unpaired) electrons. The summed E-state index contributed by atoms with van der Waals surface area (Å²) < 4.78 is 32.3. The van der Waals surface area contributed by atoms with E-state index in [0.717, 1.165) is 12.8 Å². The Hall–Kier alpha value is -1.64. The summed E-state index contributed by atoms with van der Waals surface area (Å²) in [6, 6.07) is 3.96. The average Bonchev–Trinajstić information content (AvgIpc) is 2.64. The van der Waals surface area contributed by atoms with Crippen LogP contribution in [-0.4, -0.2) is 50.8 Å². The number of rotatable bonds is 7. The number of carbonyl (C=O) groups excluding carboxylic acids is 2. The van der Waals surface area contributed by atoms with E-state index in [4.69, 9.17) is 16.3 Å². The van der Waals surface area contributed by atoms with Crippen LogP contribution in [0.4, 0.5) is 0 Å². The molecule has 1 unspecified atom stereocenters. The summed E-state index contributed by atoms with van der Waals surface area (Å²) >= 11 is 6.12. The molecule has 1 aromatic carbocycles. The highest BCUT2D eigenvalue weighted by Crippen LogP contribution is 2.29. The molecule has 0 aromatic heterocycles. The van der Waals surface area contributed by atoms with Crippen molar-refractivity contribution in [2.45, 2.75) is 38.5 Å². The lowest BCUT2D eigenvalue weighted by Crippen LogP contribution is -2.39. The maximum absolute atomic E-state index is 13.0. The van der Waals surface area contributed by atoms with E-state index in [1.807, 2.05) is 20.8 Å². The van der Waals surface area contributed by atoms with Crippen molar-refractivity contribution in [2.75, 3.05) is 26.2 Å². The van der Waals surface area contributed by atoms with Crippen LogP contribution in [0.5, 0.6) is 0 Å². The topological polar surface area (TPSA) is 92.8 Å². The van der Waals surface area contributed by atoms with Crippen LogP contribution < -0.4 is 5.32 Å². The number of sulfonamides is 1. The van der Waals surface area contributed by atoms with Gasteiger partial charge in [0, 0.05) is 19.6 Å². The van der Waals surface area contributed by atoms with Gasteiger partial charge in [-0.25, -0.2) is 13.2 Å². The molecule has 7 nitrogen and oxygen atoms in total. The Labute approximate surface area is 171 Å². The molecule has 9 heteroatoms. The first-order chi connectivity index (χ1) is 13.1. The zero-order valence-corrected chi connectivity index (χ0v) is 18.0. The first kappa shape index (κ1) is 22.6. The van der Waals surface area contributed by atoms with E-state index in [9.17, 15) is 18.0 Å². The molecule has 1 amide bonds. The molecule has 0 aliphatic carbocycles. The number of hydrogen-bond donors (Lipinski definition) is 1. The zero-order valence-electron chi connectivity index (χ0n) is 16.4. The number of nitrogens with zero attached hydrogens (tertiary/aromatic N) is 1. The number of carbonyl (C=O) groups is 2. The number of benzene rings is 1. The summed E-state index contributed by atoms with van der Waals surface area (Å²) in [5, 5.41) is 2.69. The molecule has 1 aliphatic heterocycles. The summed E-state index contributed by atoms with van der Waals surface area (Å²) in [6.07, 6.45) is 1.76. The number of esters is 1. The van der Waals surface area contributed by atoms with Crippen LogP contribution >= 0.6 is 11.6 Å². The van der Waals surface area contributed by atoms with Gasteiger partial charge in [0.05, 0.1) is 10.6 Å². The van der Waals surface area contributed by atoms with E-state index in [-0.39, 0.29) is 27.3 Å². The molecule has 1 heterocycles. The van der Waals surface area contributed by atoms with Crippen molar-refractivity contribution < 1.29 is 22.7 Å². The molecule has 28 heavy (non-hydrogen) atoms. The van der Waals surface area contributed by atoms with Gasteiger partial charge in [-0.05, 0) is 42.9 Å². The average molecular weight is 431 g/mol. The van der Waals surface area contributed by atoms with E-state index in [2.05, 4.69) is 5.32 Å². The maximum atomic E-state index is 13.0. The van der Waals surface area contributed by atoms with E-state index in [0.29, 0.717) is 19.6 Å².